The van der Waals surface area contributed by atoms with Gasteiger partial charge in [-0.1, -0.05) is 0 Å². The van der Waals surface area contributed by atoms with Crippen LogP contribution in [-0.2, 0) is 7.05 Å². The summed E-state index contributed by atoms with van der Waals surface area (Å²) in [5.41, 5.74) is 0.0812. The number of carbonyl (C=O) groups excluding carboxylic acids is 1. The van der Waals surface area contributed by atoms with E-state index in [4.69, 9.17) is 4.74 Å². The highest BCUT2D eigenvalue weighted by Gasteiger charge is 2.32. The highest BCUT2D eigenvalue weighted by molar-refractivity contribution is 7.16. The maximum Gasteiger partial charge on any atom is 0.274 e. The fourth-order valence-corrected chi connectivity index (χ4v) is 5.54. The summed E-state index contributed by atoms with van der Waals surface area (Å²) in [6, 6.07) is 5.69. The molecule has 0 fully saturated rings. The van der Waals surface area contributed by atoms with Gasteiger partial charge in [-0.2, -0.15) is 0 Å². The zero-order chi connectivity index (χ0) is 28.1. The molecule has 38 heavy (non-hydrogen) atoms. The number of halogens is 2. The van der Waals surface area contributed by atoms with E-state index in [0.717, 1.165) is 11.3 Å². The molecule has 4 rings (SSSR count). The molecule has 1 atom stereocenters. The van der Waals surface area contributed by atoms with Gasteiger partial charge in [0.2, 0.25) is 0 Å². The van der Waals surface area contributed by atoms with Gasteiger partial charge in [-0.3, -0.25) is 9.59 Å². The average molecular weight is 544 g/mol. The Morgan fingerprint density at radius 2 is 1.82 bits per heavy atom. The van der Waals surface area contributed by atoms with Crippen LogP contribution in [0.3, 0.4) is 0 Å². The van der Waals surface area contributed by atoms with Crippen molar-refractivity contribution in [2.45, 2.75) is 59.4 Å². The van der Waals surface area contributed by atoms with E-state index in [9.17, 15) is 19.1 Å². The van der Waals surface area contributed by atoms with Crippen molar-refractivity contribution in [3.8, 4) is 21.9 Å². The van der Waals surface area contributed by atoms with Crippen LogP contribution in [0.1, 0.15) is 60.4 Å². The van der Waals surface area contributed by atoms with Gasteiger partial charge in [0.25, 0.3) is 11.5 Å². The predicted octanol–water partition coefficient (Wildman–Crippen LogP) is 6.06. The summed E-state index contributed by atoms with van der Waals surface area (Å²) in [7, 11) is 1.58. The molecule has 0 spiro atoms. The van der Waals surface area contributed by atoms with E-state index in [2.05, 4.69) is 10.3 Å². The molecule has 0 saturated heterocycles. The highest BCUT2D eigenvalue weighted by atomic mass is 32.1. The summed E-state index contributed by atoms with van der Waals surface area (Å²) in [5, 5.41) is 13.6. The standard InChI is InChI=1S/C28H31F2N3O4S/c1-13(2)31-26(34)19-10-17-18(12-33(7)27(35)22(17)32-19)24-20(11-21(38-24)25(30)28(5,6)36)37-23-14(3)8-16(29)9-15(23)4/h8-13,25,32,36H,1-7H3,(H,31,34). The highest BCUT2D eigenvalue weighted by Crippen LogP contribution is 2.47. The van der Waals surface area contributed by atoms with Crippen molar-refractivity contribution in [2.75, 3.05) is 0 Å². The molecule has 1 aromatic carbocycles. The first-order valence-electron chi connectivity index (χ1n) is 12.2. The fourth-order valence-electron chi connectivity index (χ4n) is 4.27. The van der Waals surface area contributed by atoms with Gasteiger partial charge in [0.1, 0.15) is 28.5 Å². The summed E-state index contributed by atoms with van der Waals surface area (Å²) in [6.45, 7) is 9.84. The van der Waals surface area contributed by atoms with Crippen LogP contribution in [0.4, 0.5) is 8.78 Å². The van der Waals surface area contributed by atoms with Crippen LogP contribution in [0.5, 0.6) is 11.5 Å². The monoisotopic (exact) mass is 543 g/mol. The van der Waals surface area contributed by atoms with Gasteiger partial charge in [0.15, 0.2) is 6.17 Å². The molecule has 1 unspecified atom stereocenters. The zero-order valence-electron chi connectivity index (χ0n) is 22.3. The van der Waals surface area contributed by atoms with Crippen molar-refractivity contribution >= 4 is 28.1 Å². The number of aromatic amines is 1. The molecule has 0 saturated carbocycles. The summed E-state index contributed by atoms with van der Waals surface area (Å²) in [5.74, 6) is -0.0634. The number of H-pyrrole nitrogens is 1. The first-order chi connectivity index (χ1) is 17.7. The van der Waals surface area contributed by atoms with E-state index in [-0.39, 0.29) is 39.3 Å². The summed E-state index contributed by atoms with van der Waals surface area (Å²) in [4.78, 5) is 29.3. The SMILES string of the molecule is Cc1cc(F)cc(C)c1Oc1cc(C(F)C(C)(C)O)sc1-c1cn(C)c(=O)c2[nH]c(C(=O)NC(C)C)cc12. The van der Waals surface area contributed by atoms with E-state index in [1.165, 1.54) is 36.6 Å². The molecule has 0 aliphatic rings. The van der Waals surface area contributed by atoms with Gasteiger partial charge in [0, 0.05) is 35.1 Å². The maximum absolute atomic E-state index is 15.3. The number of nitrogens with one attached hydrogen (secondary N) is 2. The molecule has 0 aliphatic carbocycles. The Morgan fingerprint density at radius 3 is 2.39 bits per heavy atom. The van der Waals surface area contributed by atoms with Crippen molar-refractivity contribution in [3.05, 3.63) is 68.3 Å². The van der Waals surface area contributed by atoms with Crippen molar-refractivity contribution in [1.29, 1.82) is 0 Å². The summed E-state index contributed by atoms with van der Waals surface area (Å²) in [6.07, 6.45) is -0.118. The van der Waals surface area contributed by atoms with Crippen LogP contribution in [0, 0.1) is 19.7 Å². The molecular formula is C28H31F2N3O4S. The second-order valence-corrected chi connectivity index (χ2v) is 11.5. The van der Waals surface area contributed by atoms with Crippen molar-refractivity contribution in [1.82, 2.24) is 14.9 Å². The van der Waals surface area contributed by atoms with Crippen molar-refractivity contribution in [3.63, 3.8) is 0 Å². The molecule has 3 heterocycles. The molecule has 7 nitrogen and oxygen atoms in total. The number of alkyl halides is 1. The number of aromatic nitrogens is 2. The third-order valence-electron chi connectivity index (χ3n) is 6.10. The number of hydrogen-bond acceptors (Lipinski definition) is 5. The number of fused-ring (bicyclic) bond motifs is 1. The molecule has 1 amide bonds. The first-order valence-corrected chi connectivity index (χ1v) is 13.0. The van der Waals surface area contributed by atoms with E-state index < -0.39 is 17.6 Å². The number of nitrogens with zero attached hydrogens (tertiary/aromatic N) is 1. The van der Waals surface area contributed by atoms with Gasteiger partial charge in [-0.15, -0.1) is 11.3 Å². The second-order valence-electron chi connectivity index (χ2n) is 10.4. The third kappa shape index (κ3) is 5.23. The zero-order valence-corrected chi connectivity index (χ0v) is 23.1. The normalized spacial score (nSPS) is 12.8. The molecular weight excluding hydrogens is 512 g/mol. The quantitative estimate of drug-likeness (QED) is 0.264. The largest absolute Gasteiger partial charge is 0.455 e. The fraction of sp³-hybridized carbons (Fsp3) is 0.357. The topological polar surface area (TPSA) is 96.3 Å². The van der Waals surface area contributed by atoms with Crippen molar-refractivity contribution < 1.29 is 23.4 Å². The number of benzene rings is 1. The smallest absolute Gasteiger partial charge is 0.274 e. The number of aryl methyl sites for hydroxylation is 3. The molecule has 0 bridgehead atoms. The number of hydrogen-bond donors (Lipinski definition) is 3. The van der Waals surface area contributed by atoms with Crippen molar-refractivity contribution in [2.24, 2.45) is 7.05 Å². The van der Waals surface area contributed by atoms with Gasteiger partial charge in [0.05, 0.1) is 10.5 Å². The van der Waals surface area contributed by atoms with Crippen LogP contribution in [0.25, 0.3) is 21.3 Å². The van der Waals surface area contributed by atoms with Gasteiger partial charge >= 0.3 is 0 Å². The third-order valence-corrected chi connectivity index (χ3v) is 7.28. The number of carbonyl (C=O) groups is 1. The Kier molecular flexibility index (Phi) is 7.24. The minimum Gasteiger partial charge on any atom is -0.455 e. The molecule has 0 radical (unpaired) electrons. The maximum atomic E-state index is 15.3. The lowest BCUT2D eigenvalue weighted by molar-refractivity contribution is -0.00260. The Labute approximate surface area is 223 Å². The first kappa shape index (κ1) is 27.5. The Balaban J connectivity index is 1.96. The minimum absolute atomic E-state index is 0.110. The van der Waals surface area contributed by atoms with Crippen LogP contribution < -0.4 is 15.6 Å². The molecule has 3 N–H and O–H groups in total. The molecule has 10 heteroatoms. The Morgan fingerprint density at radius 1 is 1.18 bits per heavy atom. The van der Waals surface area contributed by atoms with E-state index >= 15 is 4.39 Å². The van der Waals surface area contributed by atoms with Crippen LogP contribution in [-0.4, -0.2) is 32.2 Å². The van der Waals surface area contributed by atoms with Crippen LogP contribution in [0.15, 0.2) is 35.3 Å². The molecule has 0 aliphatic heterocycles. The lowest BCUT2D eigenvalue weighted by atomic mass is 10.0. The predicted molar refractivity (Wildman–Crippen MR) is 146 cm³/mol. The number of pyridine rings is 1. The number of amides is 1. The van der Waals surface area contributed by atoms with E-state index in [0.29, 0.717) is 32.7 Å². The lowest BCUT2D eigenvalue weighted by Crippen LogP contribution is -2.30. The van der Waals surface area contributed by atoms with Crippen LogP contribution in [0.2, 0.25) is 0 Å². The number of aliphatic hydroxyl groups is 1. The lowest BCUT2D eigenvalue weighted by Gasteiger charge is -2.20. The summed E-state index contributed by atoms with van der Waals surface area (Å²) >= 11 is 1.08. The van der Waals surface area contributed by atoms with E-state index in [1.54, 1.807) is 33.2 Å². The van der Waals surface area contributed by atoms with Gasteiger partial charge in [-0.05, 0) is 76.9 Å². The Bertz CT molecular complexity index is 1570. The number of thiophene rings is 1. The number of ether oxygens (including phenoxy) is 1. The Hall–Kier alpha value is -3.50. The molecule has 4 aromatic rings. The summed E-state index contributed by atoms with van der Waals surface area (Å²) < 4.78 is 36.9. The number of rotatable bonds is 7. The minimum atomic E-state index is -1.72. The van der Waals surface area contributed by atoms with Gasteiger partial charge < -0.3 is 24.7 Å². The van der Waals surface area contributed by atoms with Gasteiger partial charge in [-0.25, -0.2) is 8.78 Å². The molecule has 202 valence electrons. The van der Waals surface area contributed by atoms with Crippen LogP contribution >= 0.6 is 11.3 Å². The average Bonchev–Trinajstić information content (AvgIpc) is 3.42. The molecule has 3 aromatic heterocycles. The van der Waals surface area contributed by atoms with E-state index in [1.807, 2.05) is 13.8 Å². The second kappa shape index (κ2) is 9.99.